The monoisotopic (exact) mass is 420 g/mol. The third-order valence-electron chi connectivity index (χ3n) is 5.20. The molecule has 1 aromatic rings. The van der Waals surface area contributed by atoms with Gasteiger partial charge in [-0.1, -0.05) is 70.6 Å². The quantitative estimate of drug-likeness (QED) is 0.241. The van der Waals surface area contributed by atoms with E-state index in [-0.39, 0.29) is 6.03 Å². The molecule has 0 radical (unpaired) electrons. The minimum absolute atomic E-state index is 0.165. The Bertz CT molecular complexity index is 575. The lowest BCUT2D eigenvalue weighted by molar-refractivity contribution is -0.137. The Kier molecular flexibility index (Phi) is 15.1. The fourth-order valence-electron chi connectivity index (χ4n) is 3.40. The summed E-state index contributed by atoms with van der Waals surface area (Å²) >= 11 is 0. The van der Waals surface area contributed by atoms with Crippen LogP contribution in [-0.4, -0.2) is 30.8 Å². The summed E-state index contributed by atoms with van der Waals surface area (Å²) < 4.78 is 5.10. The third-order valence-corrected chi connectivity index (χ3v) is 5.20. The Morgan fingerprint density at radius 1 is 0.767 bits per heavy atom. The summed E-state index contributed by atoms with van der Waals surface area (Å²) in [5.41, 5.74) is 0.756. The molecule has 0 aromatic heterocycles. The molecule has 6 nitrogen and oxygen atoms in total. The Hall–Kier alpha value is -2.24. The minimum atomic E-state index is -0.679. The summed E-state index contributed by atoms with van der Waals surface area (Å²) in [5.74, 6) is 0.0902. The van der Waals surface area contributed by atoms with E-state index in [4.69, 9.17) is 9.84 Å². The van der Waals surface area contributed by atoms with Crippen LogP contribution in [0, 0.1) is 0 Å². The number of ether oxygens (including phenoxy) is 1. The van der Waals surface area contributed by atoms with Gasteiger partial charge in [-0.15, -0.1) is 0 Å². The fourth-order valence-corrected chi connectivity index (χ4v) is 3.40. The first-order valence-corrected chi connectivity index (χ1v) is 11.5. The van der Waals surface area contributed by atoms with Crippen molar-refractivity contribution in [3.8, 4) is 5.75 Å². The third kappa shape index (κ3) is 14.7. The molecule has 0 bridgehead atoms. The first-order chi connectivity index (χ1) is 14.6. The summed E-state index contributed by atoms with van der Waals surface area (Å²) in [5, 5.41) is 14.3. The molecule has 170 valence electrons. The Labute approximate surface area is 181 Å². The van der Waals surface area contributed by atoms with E-state index in [9.17, 15) is 9.59 Å². The highest BCUT2D eigenvalue weighted by Crippen LogP contribution is 2.15. The van der Waals surface area contributed by atoms with Gasteiger partial charge in [0.25, 0.3) is 0 Å². The average Bonchev–Trinajstić information content (AvgIpc) is 2.73. The number of amides is 2. The molecule has 0 atom stereocenters. The summed E-state index contributed by atoms with van der Waals surface area (Å²) in [6.45, 7) is 0.703. The van der Waals surface area contributed by atoms with E-state index < -0.39 is 5.97 Å². The molecule has 0 spiro atoms. The maximum absolute atomic E-state index is 11.9. The van der Waals surface area contributed by atoms with Crippen molar-refractivity contribution in [1.29, 1.82) is 0 Å². The van der Waals surface area contributed by atoms with Gasteiger partial charge in [0.1, 0.15) is 5.75 Å². The molecular weight excluding hydrogens is 380 g/mol. The van der Waals surface area contributed by atoms with Crippen molar-refractivity contribution < 1.29 is 19.4 Å². The van der Waals surface area contributed by atoms with E-state index in [1.807, 2.05) is 24.3 Å². The van der Waals surface area contributed by atoms with Crippen LogP contribution in [0.15, 0.2) is 24.3 Å². The van der Waals surface area contributed by atoms with Gasteiger partial charge in [0, 0.05) is 18.7 Å². The van der Waals surface area contributed by atoms with E-state index in [2.05, 4.69) is 10.6 Å². The summed E-state index contributed by atoms with van der Waals surface area (Å²) in [4.78, 5) is 22.3. The average molecular weight is 421 g/mol. The zero-order chi connectivity index (χ0) is 21.9. The van der Waals surface area contributed by atoms with Crippen molar-refractivity contribution in [1.82, 2.24) is 5.32 Å². The maximum atomic E-state index is 11.9. The molecule has 0 heterocycles. The van der Waals surface area contributed by atoms with Crippen LogP contribution in [0.5, 0.6) is 5.75 Å². The number of aliphatic carboxylic acids is 1. The van der Waals surface area contributed by atoms with E-state index >= 15 is 0 Å². The second kappa shape index (κ2) is 17.6. The van der Waals surface area contributed by atoms with Crippen molar-refractivity contribution in [2.24, 2.45) is 0 Å². The van der Waals surface area contributed by atoms with Crippen molar-refractivity contribution in [2.75, 3.05) is 19.0 Å². The highest BCUT2D eigenvalue weighted by atomic mass is 16.5. The molecule has 0 aliphatic heterocycles. The van der Waals surface area contributed by atoms with Crippen LogP contribution in [0.25, 0.3) is 0 Å². The SMILES string of the molecule is COc1ccc(NC(=O)NCCCCCCCCCCCCCCCC(=O)O)cc1. The smallest absolute Gasteiger partial charge is 0.319 e. The van der Waals surface area contributed by atoms with Gasteiger partial charge in [0.15, 0.2) is 0 Å². The van der Waals surface area contributed by atoms with E-state index in [1.54, 1.807) is 7.11 Å². The van der Waals surface area contributed by atoms with Crippen LogP contribution in [0.1, 0.15) is 89.9 Å². The number of hydrogen-bond donors (Lipinski definition) is 3. The fraction of sp³-hybridized carbons (Fsp3) is 0.667. The number of carboxylic acids is 1. The molecule has 0 fully saturated rings. The van der Waals surface area contributed by atoms with Crippen LogP contribution < -0.4 is 15.4 Å². The van der Waals surface area contributed by atoms with Crippen LogP contribution in [0.4, 0.5) is 10.5 Å². The topological polar surface area (TPSA) is 87.7 Å². The van der Waals surface area contributed by atoms with Gasteiger partial charge < -0.3 is 20.5 Å². The molecule has 2 amide bonds. The first kappa shape index (κ1) is 25.8. The summed E-state index contributed by atoms with van der Waals surface area (Å²) in [7, 11) is 1.62. The lowest BCUT2D eigenvalue weighted by Crippen LogP contribution is -2.29. The van der Waals surface area contributed by atoms with Gasteiger partial charge in [-0.3, -0.25) is 4.79 Å². The van der Waals surface area contributed by atoms with Gasteiger partial charge >= 0.3 is 12.0 Å². The number of carboxylic acid groups (broad SMARTS) is 1. The van der Waals surface area contributed by atoms with Crippen molar-refractivity contribution in [3.63, 3.8) is 0 Å². The molecule has 1 aromatic carbocycles. The zero-order valence-electron chi connectivity index (χ0n) is 18.6. The van der Waals surface area contributed by atoms with Gasteiger partial charge in [-0.25, -0.2) is 4.79 Å². The molecule has 0 aliphatic carbocycles. The van der Waals surface area contributed by atoms with Crippen LogP contribution in [0.2, 0.25) is 0 Å². The predicted molar refractivity (Wildman–Crippen MR) is 122 cm³/mol. The second-order valence-corrected chi connectivity index (χ2v) is 7.85. The largest absolute Gasteiger partial charge is 0.497 e. The number of nitrogens with one attached hydrogen (secondary N) is 2. The number of carbonyl (C=O) groups excluding carboxylic acids is 1. The highest BCUT2D eigenvalue weighted by Gasteiger charge is 2.01. The Morgan fingerprint density at radius 3 is 1.70 bits per heavy atom. The van der Waals surface area contributed by atoms with Crippen LogP contribution >= 0.6 is 0 Å². The lowest BCUT2D eigenvalue weighted by Gasteiger charge is -2.08. The Balaban J connectivity index is 1.81. The van der Waals surface area contributed by atoms with E-state index in [0.29, 0.717) is 13.0 Å². The number of urea groups is 1. The first-order valence-electron chi connectivity index (χ1n) is 11.5. The summed E-state index contributed by atoms with van der Waals surface area (Å²) in [6, 6.07) is 7.12. The minimum Gasteiger partial charge on any atom is -0.497 e. The molecule has 3 N–H and O–H groups in total. The normalized spacial score (nSPS) is 10.6. The number of rotatable bonds is 18. The highest BCUT2D eigenvalue weighted by molar-refractivity contribution is 5.89. The van der Waals surface area contributed by atoms with Crippen LogP contribution in [0.3, 0.4) is 0 Å². The van der Waals surface area contributed by atoms with Gasteiger partial charge in [-0.05, 0) is 37.1 Å². The number of unbranched alkanes of at least 4 members (excludes halogenated alkanes) is 12. The molecule has 30 heavy (non-hydrogen) atoms. The number of methoxy groups -OCH3 is 1. The van der Waals surface area contributed by atoms with Gasteiger partial charge in [0.05, 0.1) is 7.11 Å². The predicted octanol–water partition coefficient (Wildman–Crippen LogP) is 6.36. The van der Waals surface area contributed by atoms with Crippen LogP contribution in [-0.2, 0) is 4.79 Å². The number of anilines is 1. The van der Waals surface area contributed by atoms with E-state index in [1.165, 1.54) is 57.8 Å². The molecule has 0 saturated carbocycles. The molecule has 0 unspecified atom stereocenters. The molecule has 6 heteroatoms. The Morgan fingerprint density at radius 2 is 1.23 bits per heavy atom. The zero-order valence-corrected chi connectivity index (χ0v) is 18.6. The molecular formula is C24H40N2O4. The second-order valence-electron chi connectivity index (χ2n) is 7.85. The number of benzene rings is 1. The summed E-state index contributed by atoms with van der Waals surface area (Å²) in [6.07, 6.45) is 15.7. The van der Waals surface area contributed by atoms with Crippen molar-refractivity contribution in [2.45, 2.75) is 89.9 Å². The van der Waals surface area contributed by atoms with Gasteiger partial charge in [0.2, 0.25) is 0 Å². The van der Waals surface area contributed by atoms with Crippen molar-refractivity contribution in [3.05, 3.63) is 24.3 Å². The number of hydrogen-bond acceptors (Lipinski definition) is 3. The molecule has 0 aliphatic rings. The van der Waals surface area contributed by atoms with Gasteiger partial charge in [-0.2, -0.15) is 0 Å². The molecule has 0 saturated heterocycles. The number of carbonyl (C=O) groups is 2. The molecule has 1 rings (SSSR count). The standard InChI is InChI=1S/C24H40N2O4/c1-30-22-18-16-21(17-19-22)26-24(29)25-20-14-12-10-8-6-4-2-3-5-7-9-11-13-15-23(27)28/h16-19H,2-15,20H2,1H3,(H,27,28)(H2,25,26,29). The maximum Gasteiger partial charge on any atom is 0.319 e. The van der Waals surface area contributed by atoms with Crippen molar-refractivity contribution >= 4 is 17.7 Å². The van der Waals surface area contributed by atoms with E-state index in [0.717, 1.165) is 37.1 Å². The lowest BCUT2D eigenvalue weighted by atomic mass is 10.0.